The Morgan fingerprint density at radius 1 is 1.40 bits per heavy atom. The van der Waals surface area contributed by atoms with E-state index in [1.54, 1.807) is 4.90 Å². The number of hydrogen-bond donors (Lipinski definition) is 0. The quantitative estimate of drug-likeness (QED) is 0.769. The van der Waals surface area contributed by atoms with Crippen LogP contribution in [0.15, 0.2) is 28.7 Å². The zero-order chi connectivity index (χ0) is 10.7. The van der Waals surface area contributed by atoms with Crippen molar-refractivity contribution in [2.45, 2.75) is 6.04 Å². The normalized spacial score (nSPS) is 21.4. The van der Waals surface area contributed by atoms with Crippen LogP contribution >= 0.6 is 15.9 Å². The number of nitrogens with zero attached hydrogens (tertiary/aromatic N) is 1. The smallest absolute Gasteiger partial charge is 0.210 e. The first-order valence-electron chi connectivity index (χ1n) is 4.85. The number of carbonyl (C=O) groups is 1. The summed E-state index contributed by atoms with van der Waals surface area (Å²) in [6.45, 7) is 1.89. The highest BCUT2D eigenvalue weighted by Crippen LogP contribution is 2.24. The van der Waals surface area contributed by atoms with Crippen LogP contribution in [0.3, 0.4) is 0 Å². The summed E-state index contributed by atoms with van der Waals surface area (Å²) < 4.78 is 6.43. The van der Waals surface area contributed by atoms with Gasteiger partial charge < -0.3 is 9.64 Å². The van der Waals surface area contributed by atoms with Crippen molar-refractivity contribution in [3.05, 3.63) is 34.3 Å². The van der Waals surface area contributed by atoms with Gasteiger partial charge in [0.15, 0.2) is 0 Å². The Labute approximate surface area is 97.2 Å². The highest BCUT2D eigenvalue weighted by Gasteiger charge is 2.22. The maximum atomic E-state index is 10.9. The van der Waals surface area contributed by atoms with Gasteiger partial charge in [-0.25, -0.2) is 0 Å². The zero-order valence-corrected chi connectivity index (χ0v) is 9.81. The van der Waals surface area contributed by atoms with Crippen LogP contribution in [0.4, 0.5) is 0 Å². The molecule has 1 fully saturated rings. The van der Waals surface area contributed by atoms with Crippen molar-refractivity contribution in [3.8, 4) is 0 Å². The number of halogens is 1. The fraction of sp³-hybridized carbons (Fsp3) is 0.364. The van der Waals surface area contributed by atoms with E-state index in [9.17, 15) is 4.79 Å². The summed E-state index contributed by atoms with van der Waals surface area (Å²) in [6.07, 6.45) is 0.898. The number of morpholine rings is 1. The third-order valence-corrected chi connectivity index (χ3v) is 3.09. The molecule has 1 aliphatic rings. The number of ether oxygens (including phenoxy) is 1. The number of hydrogen-bond acceptors (Lipinski definition) is 2. The summed E-state index contributed by atoms with van der Waals surface area (Å²) in [5.74, 6) is 0. The standard InChI is InChI=1S/C11H12BrNO2/c12-10-3-1-9(2-4-10)11-7-15-6-5-13(11)8-14/h1-4,8,11H,5-7H2. The molecule has 1 atom stereocenters. The molecular weight excluding hydrogens is 258 g/mol. The predicted octanol–water partition coefficient (Wildman–Crippen LogP) is 1.98. The average molecular weight is 270 g/mol. The molecule has 0 spiro atoms. The van der Waals surface area contributed by atoms with Crippen LogP contribution < -0.4 is 0 Å². The molecule has 1 aliphatic heterocycles. The van der Waals surface area contributed by atoms with E-state index in [-0.39, 0.29) is 6.04 Å². The van der Waals surface area contributed by atoms with E-state index in [1.165, 1.54) is 0 Å². The van der Waals surface area contributed by atoms with Crippen molar-refractivity contribution in [2.75, 3.05) is 19.8 Å². The number of carbonyl (C=O) groups excluding carboxylic acids is 1. The first-order chi connectivity index (χ1) is 7.31. The molecule has 80 valence electrons. The Kier molecular flexibility index (Phi) is 3.38. The number of amides is 1. The largest absolute Gasteiger partial charge is 0.377 e. The maximum absolute atomic E-state index is 10.9. The van der Waals surface area contributed by atoms with Crippen LogP contribution in [0.2, 0.25) is 0 Å². The van der Waals surface area contributed by atoms with E-state index in [0.29, 0.717) is 19.8 Å². The van der Waals surface area contributed by atoms with Crippen LogP contribution in [0.1, 0.15) is 11.6 Å². The summed E-state index contributed by atoms with van der Waals surface area (Å²) in [5.41, 5.74) is 1.12. The summed E-state index contributed by atoms with van der Waals surface area (Å²) in [7, 11) is 0. The van der Waals surface area contributed by atoms with E-state index in [0.717, 1.165) is 16.4 Å². The molecule has 0 bridgehead atoms. The van der Waals surface area contributed by atoms with E-state index >= 15 is 0 Å². The third kappa shape index (κ3) is 2.38. The second kappa shape index (κ2) is 4.77. The topological polar surface area (TPSA) is 29.5 Å². The molecule has 1 saturated heterocycles. The van der Waals surface area contributed by atoms with E-state index in [2.05, 4.69) is 15.9 Å². The van der Waals surface area contributed by atoms with Crippen molar-refractivity contribution in [1.82, 2.24) is 4.90 Å². The van der Waals surface area contributed by atoms with E-state index in [1.807, 2.05) is 24.3 Å². The molecule has 1 unspecified atom stereocenters. The van der Waals surface area contributed by atoms with Crippen LogP contribution in [-0.4, -0.2) is 31.1 Å². The molecule has 1 aromatic rings. The van der Waals surface area contributed by atoms with Gasteiger partial charge in [0.05, 0.1) is 19.3 Å². The lowest BCUT2D eigenvalue weighted by molar-refractivity contribution is -0.126. The fourth-order valence-corrected chi connectivity index (χ4v) is 1.98. The van der Waals surface area contributed by atoms with Crippen molar-refractivity contribution in [3.63, 3.8) is 0 Å². The predicted molar refractivity (Wildman–Crippen MR) is 60.5 cm³/mol. The third-order valence-electron chi connectivity index (χ3n) is 2.56. The van der Waals surface area contributed by atoms with Gasteiger partial charge in [0, 0.05) is 11.0 Å². The molecule has 1 aromatic carbocycles. The molecular formula is C11H12BrNO2. The van der Waals surface area contributed by atoms with Crippen molar-refractivity contribution < 1.29 is 9.53 Å². The molecule has 0 radical (unpaired) electrons. The van der Waals surface area contributed by atoms with Gasteiger partial charge in [-0.3, -0.25) is 4.79 Å². The maximum Gasteiger partial charge on any atom is 0.210 e. The SMILES string of the molecule is O=CN1CCOCC1c1ccc(Br)cc1. The lowest BCUT2D eigenvalue weighted by atomic mass is 10.1. The van der Waals surface area contributed by atoms with Gasteiger partial charge in [-0.2, -0.15) is 0 Å². The van der Waals surface area contributed by atoms with Crippen LogP contribution in [-0.2, 0) is 9.53 Å². The monoisotopic (exact) mass is 269 g/mol. The van der Waals surface area contributed by atoms with E-state index in [4.69, 9.17) is 4.74 Å². The van der Waals surface area contributed by atoms with Gasteiger partial charge in [-0.1, -0.05) is 28.1 Å². The Balaban J connectivity index is 2.20. The van der Waals surface area contributed by atoms with E-state index < -0.39 is 0 Å². The molecule has 0 aromatic heterocycles. The second-order valence-electron chi connectivity index (χ2n) is 3.49. The molecule has 1 amide bonds. The minimum absolute atomic E-state index is 0.0596. The number of benzene rings is 1. The van der Waals surface area contributed by atoms with Gasteiger partial charge >= 0.3 is 0 Å². The van der Waals surface area contributed by atoms with Gasteiger partial charge in [0.2, 0.25) is 6.41 Å². The highest BCUT2D eigenvalue weighted by atomic mass is 79.9. The lowest BCUT2D eigenvalue weighted by Crippen LogP contribution is -2.38. The van der Waals surface area contributed by atoms with Crippen LogP contribution in [0, 0.1) is 0 Å². The van der Waals surface area contributed by atoms with Gasteiger partial charge in [0.25, 0.3) is 0 Å². The summed E-state index contributed by atoms with van der Waals surface area (Å²) >= 11 is 3.39. The second-order valence-corrected chi connectivity index (χ2v) is 4.40. The van der Waals surface area contributed by atoms with Gasteiger partial charge in [-0.05, 0) is 17.7 Å². The van der Waals surface area contributed by atoms with Crippen molar-refractivity contribution in [2.24, 2.45) is 0 Å². The van der Waals surface area contributed by atoms with Crippen LogP contribution in [0.5, 0.6) is 0 Å². The molecule has 3 nitrogen and oxygen atoms in total. The average Bonchev–Trinajstić information content (AvgIpc) is 2.30. The fourth-order valence-electron chi connectivity index (χ4n) is 1.72. The lowest BCUT2D eigenvalue weighted by Gasteiger charge is -2.32. The molecule has 0 N–H and O–H groups in total. The minimum atomic E-state index is 0.0596. The first kappa shape index (κ1) is 10.6. The summed E-state index contributed by atoms with van der Waals surface area (Å²) in [5, 5.41) is 0. The van der Waals surface area contributed by atoms with Gasteiger partial charge in [-0.15, -0.1) is 0 Å². The molecule has 4 heteroatoms. The summed E-state index contributed by atoms with van der Waals surface area (Å²) in [6, 6.07) is 8.05. The molecule has 2 rings (SSSR count). The molecule has 0 aliphatic carbocycles. The van der Waals surface area contributed by atoms with Crippen molar-refractivity contribution >= 4 is 22.3 Å². The van der Waals surface area contributed by atoms with Crippen LogP contribution in [0.25, 0.3) is 0 Å². The number of rotatable bonds is 2. The summed E-state index contributed by atoms with van der Waals surface area (Å²) in [4.78, 5) is 12.7. The molecule has 15 heavy (non-hydrogen) atoms. The Morgan fingerprint density at radius 2 is 2.13 bits per heavy atom. The van der Waals surface area contributed by atoms with Crippen molar-refractivity contribution in [1.29, 1.82) is 0 Å². The highest BCUT2D eigenvalue weighted by molar-refractivity contribution is 9.10. The zero-order valence-electron chi connectivity index (χ0n) is 8.23. The Bertz CT molecular complexity index is 339. The van der Waals surface area contributed by atoms with Gasteiger partial charge in [0.1, 0.15) is 0 Å². The Morgan fingerprint density at radius 3 is 2.80 bits per heavy atom. The minimum Gasteiger partial charge on any atom is -0.377 e. The molecule has 1 heterocycles. The Hall–Kier alpha value is -0.870. The first-order valence-corrected chi connectivity index (χ1v) is 5.65. The molecule has 0 saturated carbocycles.